The highest BCUT2D eigenvalue weighted by molar-refractivity contribution is 7.92. The topological polar surface area (TPSA) is 130 Å². The number of aryl methyl sites for hydroxylation is 1. The van der Waals surface area contributed by atoms with Crippen LogP contribution in [0.1, 0.15) is 34.6 Å². The van der Waals surface area contributed by atoms with Gasteiger partial charge in [-0.3, -0.25) is 4.79 Å². The Morgan fingerprint density at radius 1 is 1.03 bits per heavy atom. The Kier molecular flexibility index (Phi) is 5.59. The number of sulfonamides is 1. The second-order valence-corrected chi connectivity index (χ2v) is 8.96. The summed E-state index contributed by atoms with van der Waals surface area (Å²) in [5.74, 6) is 0.404. The molecule has 0 atom stereocenters. The molecule has 0 spiro atoms. The lowest BCUT2D eigenvalue weighted by atomic mass is 10.3. The fourth-order valence-electron chi connectivity index (χ4n) is 3.17. The lowest BCUT2D eigenvalue weighted by molar-refractivity contribution is 0.102. The van der Waals surface area contributed by atoms with Gasteiger partial charge in [0.25, 0.3) is 15.9 Å². The van der Waals surface area contributed by atoms with E-state index in [1.54, 1.807) is 26.0 Å². The Morgan fingerprint density at radius 3 is 2.32 bits per heavy atom. The Labute approximate surface area is 179 Å². The fourth-order valence-corrected chi connectivity index (χ4v) is 4.21. The number of hydrogen-bond donors (Lipinski definition) is 2. The van der Waals surface area contributed by atoms with Crippen molar-refractivity contribution in [1.29, 1.82) is 0 Å². The number of amides is 1. The second kappa shape index (κ2) is 8.34. The lowest BCUT2D eigenvalue weighted by Crippen LogP contribution is -2.21. The van der Waals surface area contributed by atoms with Crippen molar-refractivity contribution in [2.45, 2.75) is 31.6 Å². The molecule has 162 valence electrons. The van der Waals surface area contributed by atoms with Crippen LogP contribution in [-0.2, 0) is 10.0 Å². The van der Waals surface area contributed by atoms with Crippen molar-refractivity contribution in [1.82, 2.24) is 15.4 Å². The number of rotatable bonds is 6. The van der Waals surface area contributed by atoms with Gasteiger partial charge in [0.15, 0.2) is 11.5 Å². The van der Waals surface area contributed by atoms with Gasteiger partial charge < -0.3 is 14.7 Å². The van der Waals surface area contributed by atoms with E-state index in [-0.39, 0.29) is 16.5 Å². The molecule has 2 N–H and O–H groups in total. The minimum atomic E-state index is -3.86. The average Bonchev–Trinajstić information content (AvgIpc) is 3.40. The summed E-state index contributed by atoms with van der Waals surface area (Å²) in [6, 6.07) is 9.17. The molecular formula is C20H22N6O4S. The molecule has 0 unspecified atom stereocenters. The van der Waals surface area contributed by atoms with E-state index in [1.165, 1.54) is 24.3 Å². The van der Waals surface area contributed by atoms with Gasteiger partial charge in [-0.2, -0.15) is 0 Å². The number of anilines is 3. The normalized spacial score (nSPS) is 13.9. The zero-order valence-corrected chi connectivity index (χ0v) is 17.9. The van der Waals surface area contributed by atoms with Crippen LogP contribution in [-0.4, -0.2) is 42.8 Å². The monoisotopic (exact) mass is 442 g/mol. The van der Waals surface area contributed by atoms with Crippen molar-refractivity contribution >= 4 is 33.3 Å². The summed E-state index contributed by atoms with van der Waals surface area (Å²) in [5, 5.41) is 14.6. The van der Waals surface area contributed by atoms with E-state index in [0.717, 1.165) is 31.7 Å². The van der Waals surface area contributed by atoms with Crippen LogP contribution in [0.25, 0.3) is 0 Å². The molecule has 1 saturated heterocycles. The molecule has 0 saturated carbocycles. The summed E-state index contributed by atoms with van der Waals surface area (Å²) >= 11 is 0. The number of carbonyl (C=O) groups is 1. The first-order valence-corrected chi connectivity index (χ1v) is 11.3. The molecular weight excluding hydrogens is 420 g/mol. The quantitative estimate of drug-likeness (QED) is 0.596. The predicted octanol–water partition coefficient (Wildman–Crippen LogP) is 2.73. The molecule has 0 radical (unpaired) electrons. The van der Waals surface area contributed by atoms with Gasteiger partial charge in [0.1, 0.15) is 0 Å². The molecule has 1 fully saturated rings. The van der Waals surface area contributed by atoms with Crippen molar-refractivity contribution in [3.63, 3.8) is 0 Å². The van der Waals surface area contributed by atoms with Crippen LogP contribution in [0.4, 0.5) is 17.4 Å². The van der Waals surface area contributed by atoms with E-state index in [1.807, 2.05) is 0 Å². The van der Waals surface area contributed by atoms with Gasteiger partial charge in [0, 0.05) is 24.3 Å². The smallest absolute Gasteiger partial charge is 0.276 e. The molecule has 11 heteroatoms. The lowest BCUT2D eigenvalue weighted by Gasteiger charge is -2.15. The van der Waals surface area contributed by atoms with E-state index in [0.29, 0.717) is 16.9 Å². The predicted molar refractivity (Wildman–Crippen MR) is 115 cm³/mol. The number of aromatic nitrogens is 3. The van der Waals surface area contributed by atoms with Gasteiger partial charge in [-0.05, 0) is 63.1 Å². The SMILES string of the molecule is Cc1noc(NS(=O)(=O)c2ccc(NC(=O)c3ccc(N4CCCC4)nn3)cc2)c1C. The van der Waals surface area contributed by atoms with Crippen LogP contribution in [0.2, 0.25) is 0 Å². The van der Waals surface area contributed by atoms with E-state index < -0.39 is 15.9 Å². The fraction of sp³-hybridized carbons (Fsp3) is 0.300. The minimum Gasteiger partial charge on any atom is -0.355 e. The van der Waals surface area contributed by atoms with Crippen LogP contribution < -0.4 is 14.9 Å². The first kappa shape index (κ1) is 20.8. The van der Waals surface area contributed by atoms with Gasteiger partial charge >= 0.3 is 0 Å². The first-order valence-electron chi connectivity index (χ1n) is 9.79. The van der Waals surface area contributed by atoms with E-state index in [9.17, 15) is 13.2 Å². The highest BCUT2D eigenvalue weighted by Gasteiger charge is 2.20. The summed E-state index contributed by atoms with van der Waals surface area (Å²) in [6.07, 6.45) is 2.26. The molecule has 2 aromatic heterocycles. The van der Waals surface area contributed by atoms with Crippen LogP contribution in [0.15, 0.2) is 45.8 Å². The highest BCUT2D eigenvalue weighted by atomic mass is 32.2. The van der Waals surface area contributed by atoms with E-state index >= 15 is 0 Å². The Morgan fingerprint density at radius 2 is 1.74 bits per heavy atom. The zero-order valence-electron chi connectivity index (χ0n) is 17.1. The highest BCUT2D eigenvalue weighted by Crippen LogP contribution is 2.23. The number of benzene rings is 1. The molecule has 1 aliphatic heterocycles. The molecule has 31 heavy (non-hydrogen) atoms. The minimum absolute atomic E-state index is 0.0220. The zero-order chi connectivity index (χ0) is 22.0. The van der Waals surface area contributed by atoms with Crippen LogP contribution in [0.3, 0.4) is 0 Å². The Hall–Kier alpha value is -3.47. The van der Waals surface area contributed by atoms with Gasteiger partial charge in [-0.25, -0.2) is 13.1 Å². The summed E-state index contributed by atoms with van der Waals surface area (Å²) < 4.78 is 32.5. The molecule has 3 aromatic rings. The summed E-state index contributed by atoms with van der Waals surface area (Å²) in [7, 11) is -3.86. The molecule has 10 nitrogen and oxygen atoms in total. The summed E-state index contributed by atoms with van der Waals surface area (Å²) in [5.41, 5.74) is 1.83. The van der Waals surface area contributed by atoms with Gasteiger partial charge in [-0.15, -0.1) is 10.2 Å². The molecule has 1 aliphatic rings. The third kappa shape index (κ3) is 4.50. The van der Waals surface area contributed by atoms with Crippen molar-refractivity contribution < 1.29 is 17.7 Å². The third-order valence-electron chi connectivity index (χ3n) is 5.12. The van der Waals surface area contributed by atoms with Crippen molar-refractivity contribution in [3.8, 4) is 0 Å². The molecule has 3 heterocycles. The largest absolute Gasteiger partial charge is 0.355 e. The van der Waals surface area contributed by atoms with Gasteiger partial charge in [0.2, 0.25) is 5.88 Å². The average molecular weight is 443 g/mol. The van der Waals surface area contributed by atoms with Crippen molar-refractivity contribution in [3.05, 3.63) is 53.3 Å². The number of nitrogens with zero attached hydrogens (tertiary/aromatic N) is 4. The van der Waals surface area contributed by atoms with Crippen molar-refractivity contribution in [2.75, 3.05) is 28.0 Å². The van der Waals surface area contributed by atoms with Gasteiger partial charge in [-0.1, -0.05) is 5.16 Å². The van der Waals surface area contributed by atoms with E-state index in [2.05, 4.69) is 30.3 Å². The number of nitrogens with one attached hydrogen (secondary N) is 2. The summed E-state index contributed by atoms with van der Waals surface area (Å²) in [6.45, 7) is 5.32. The molecule has 0 aliphatic carbocycles. The summed E-state index contributed by atoms with van der Waals surface area (Å²) in [4.78, 5) is 14.6. The number of hydrogen-bond acceptors (Lipinski definition) is 8. The Bertz CT molecular complexity index is 1180. The van der Waals surface area contributed by atoms with Crippen molar-refractivity contribution in [2.24, 2.45) is 0 Å². The standard InChI is InChI=1S/C20H22N6O4S/c1-13-14(2)24-30-20(13)25-31(28,29)16-7-5-15(6-8-16)21-19(27)17-9-10-18(23-22-17)26-11-3-4-12-26/h5-10,25H,3-4,11-12H2,1-2H3,(H,21,27). The second-order valence-electron chi connectivity index (χ2n) is 7.28. The van der Waals surface area contributed by atoms with Gasteiger partial charge in [0.05, 0.1) is 10.6 Å². The molecule has 1 amide bonds. The maximum absolute atomic E-state index is 12.6. The molecule has 4 rings (SSSR count). The number of carbonyl (C=O) groups excluding carboxylic acids is 1. The molecule has 1 aromatic carbocycles. The maximum Gasteiger partial charge on any atom is 0.276 e. The third-order valence-corrected chi connectivity index (χ3v) is 6.47. The van der Waals surface area contributed by atoms with Crippen LogP contribution >= 0.6 is 0 Å². The van der Waals surface area contributed by atoms with Crippen LogP contribution in [0.5, 0.6) is 0 Å². The van der Waals surface area contributed by atoms with E-state index in [4.69, 9.17) is 4.52 Å². The first-order chi connectivity index (χ1) is 14.8. The van der Waals surface area contributed by atoms with Crippen LogP contribution in [0, 0.1) is 13.8 Å². The molecule has 0 bridgehead atoms. The maximum atomic E-state index is 12.6. The Balaban J connectivity index is 1.42.